The molecule has 0 aliphatic heterocycles. The first kappa shape index (κ1) is 7.57. The fourth-order valence-corrected chi connectivity index (χ4v) is 0.681. The van der Waals surface area contributed by atoms with Crippen molar-refractivity contribution in [1.82, 2.24) is 4.98 Å². The van der Waals surface area contributed by atoms with Crippen molar-refractivity contribution in [3.05, 3.63) is 17.8 Å². The van der Waals surface area contributed by atoms with Crippen molar-refractivity contribution in [2.45, 2.75) is 18.9 Å². The molecule has 0 amide bonds. The molecule has 1 atom stereocenters. The van der Waals surface area contributed by atoms with Crippen molar-refractivity contribution in [2.24, 2.45) is 0 Å². The van der Waals surface area contributed by atoms with Crippen LogP contribution in [0.4, 0.5) is 0 Å². The van der Waals surface area contributed by atoms with Gasteiger partial charge in [-0.2, -0.15) is 0 Å². The van der Waals surface area contributed by atoms with Crippen LogP contribution in [0.25, 0.3) is 0 Å². The third kappa shape index (κ3) is 1.49. The van der Waals surface area contributed by atoms with Crippen LogP contribution in [-0.4, -0.2) is 10.1 Å². The van der Waals surface area contributed by atoms with Crippen molar-refractivity contribution >= 4 is 11.6 Å². The lowest BCUT2D eigenvalue weighted by Gasteiger charge is -1.92. The van der Waals surface area contributed by atoms with E-state index >= 15 is 0 Å². The summed E-state index contributed by atoms with van der Waals surface area (Å²) in [7, 11) is 0. The van der Waals surface area contributed by atoms with Crippen LogP contribution in [-0.2, 0) is 6.61 Å². The van der Waals surface area contributed by atoms with Crippen LogP contribution in [0.15, 0.2) is 10.6 Å². The second-order valence-corrected chi connectivity index (χ2v) is 2.59. The number of nitrogens with zero attached hydrogens (tertiary/aromatic N) is 1. The SMILES string of the molecule is CC(Cl)c1ncc(CO)o1. The molecule has 0 saturated carbocycles. The molecule has 1 heterocycles. The minimum Gasteiger partial charge on any atom is -0.442 e. The van der Waals surface area contributed by atoms with E-state index in [-0.39, 0.29) is 12.0 Å². The Morgan fingerprint density at radius 1 is 1.90 bits per heavy atom. The Bertz CT molecular complexity index is 209. The van der Waals surface area contributed by atoms with Crippen molar-refractivity contribution in [3.8, 4) is 0 Å². The van der Waals surface area contributed by atoms with Gasteiger partial charge in [0.25, 0.3) is 0 Å². The number of aromatic nitrogens is 1. The molecule has 0 spiro atoms. The first-order valence-electron chi connectivity index (χ1n) is 2.93. The Labute approximate surface area is 63.6 Å². The minimum absolute atomic E-state index is 0.128. The summed E-state index contributed by atoms with van der Waals surface area (Å²) in [4.78, 5) is 3.83. The lowest BCUT2D eigenvalue weighted by molar-refractivity contribution is 0.243. The van der Waals surface area contributed by atoms with Gasteiger partial charge in [-0.3, -0.25) is 0 Å². The fourth-order valence-electron chi connectivity index (χ4n) is 0.580. The van der Waals surface area contributed by atoms with E-state index in [1.807, 2.05) is 0 Å². The molecule has 4 heteroatoms. The molecule has 0 bridgehead atoms. The molecule has 0 aromatic carbocycles. The van der Waals surface area contributed by atoms with Gasteiger partial charge in [0, 0.05) is 0 Å². The molecule has 1 N–H and O–H groups in total. The smallest absolute Gasteiger partial charge is 0.212 e. The van der Waals surface area contributed by atoms with Gasteiger partial charge in [0.2, 0.25) is 5.89 Å². The predicted octanol–water partition coefficient (Wildman–Crippen LogP) is 1.47. The Hall–Kier alpha value is -0.540. The van der Waals surface area contributed by atoms with Gasteiger partial charge < -0.3 is 9.52 Å². The predicted molar refractivity (Wildman–Crippen MR) is 36.7 cm³/mol. The van der Waals surface area contributed by atoms with E-state index in [4.69, 9.17) is 21.1 Å². The van der Waals surface area contributed by atoms with Gasteiger partial charge in [-0.1, -0.05) is 0 Å². The number of rotatable bonds is 2. The average molecular weight is 162 g/mol. The summed E-state index contributed by atoms with van der Waals surface area (Å²) < 4.78 is 5.00. The maximum atomic E-state index is 8.56. The van der Waals surface area contributed by atoms with Crippen molar-refractivity contribution < 1.29 is 9.52 Å². The van der Waals surface area contributed by atoms with E-state index < -0.39 is 0 Å². The van der Waals surface area contributed by atoms with Gasteiger partial charge >= 0.3 is 0 Å². The second kappa shape index (κ2) is 3.03. The van der Waals surface area contributed by atoms with Gasteiger partial charge in [0.1, 0.15) is 17.7 Å². The standard InChI is InChI=1S/C6H8ClNO2/c1-4(7)6-8-2-5(3-9)10-6/h2,4,9H,3H2,1H3. The maximum Gasteiger partial charge on any atom is 0.212 e. The molecule has 1 unspecified atom stereocenters. The Balaban J connectivity index is 2.78. The van der Waals surface area contributed by atoms with Crippen LogP contribution in [0, 0.1) is 0 Å². The quantitative estimate of drug-likeness (QED) is 0.669. The zero-order valence-corrected chi connectivity index (χ0v) is 6.30. The molecule has 10 heavy (non-hydrogen) atoms. The normalized spacial score (nSPS) is 13.5. The number of aliphatic hydroxyl groups excluding tert-OH is 1. The Morgan fingerprint density at radius 2 is 2.60 bits per heavy atom. The van der Waals surface area contributed by atoms with Crippen LogP contribution in [0.3, 0.4) is 0 Å². The van der Waals surface area contributed by atoms with E-state index in [2.05, 4.69) is 4.98 Å². The second-order valence-electron chi connectivity index (χ2n) is 1.94. The number of hydrogen-bond donors (Lipinski definition) is 1. The number of alkyl halides is 1. The average Bonchev–Trinajstić information content (AvgIpc) is 2.34. The summed E-state index contributed by atoms with van der Waals surface area (Å²) in [5, 5.41) is 8.32. The molecular formula is C6H8ClNO2. The summed E-state index contributed by atoms with van der Waals surface area (Å²) >= 11 is 5.64. The number of halogens is 1. The van der Waals surface area contributed by atoms with Crippen LogP contribution < -0.4 is 0 Å². The number of oxazole rings is 1. The van der Waals surface area contributed by atoms with E-state index in [0.29, 0.717) is 11.7 Å². The van der Waals surface area contributed by atoms with Gasteiger partial charge in [0.15, 0.2) is 0 Å². The third-order valence-electron chi connectivity index (χ3n) is 1.07. The maximum absolute atomic E-state index is 8.56. The van der Waals surface area contributed by atoms with Gasteiger partial charge in [-0.05, 0) is 6.92 Å². The number of hydrogen-bond acceptors (Lipinski definition) is 3. The summed E-state index contributed by atoms with van der Waals surface area (Å²) in [5.41, 5.74) is 0. The molecule has 0 saturated heterocycles. The molecule has 0 aliphatic rings. The third-order valence-corrected chi connectivity index (χ3v) is 1.25. The van der Waals surface area contributed by atoms with E-state index in [1.54, 1.807) is 6.92 Å². The van der Waals surface area contributed by atoms with Crippen LogP contribution in [0.1, 0.15) is 24.0 Å². The monoisotopic (exact) mass is 161 g/mol. The zero-order chi connectivity index (χ0) is 7.56. The largest absolute Gasteiger partial charge is 0.442 e. The lowest BCUT2D eigenvalue weighted by atomic mass is 10.5. The van der Waals surface area contributed by atoms with Gasteiger partial charge in [-0.25, -0.2) is 4.98 Å². The zero-order valence-electron chi connectivity index (χ0n) is 5.54. The summed E-state index contributed by atoms with van der Waals surface area (Å²) in [6.07, 6.45) is 1.47. The molecule has 1 aromatic rings. The molecule has 1 aromatic heterocycles. The minimum atomic E-state index is -0.236. The summed E-state index contributed by atoms with van der Waals surface area (Å²) in [6.45, 7) is 1.63. The van der Waals surface area contributed by atoms with E-state index in [9.17, 15) is 0 Å². The highest BCUT2D eigenvalue weighted by atomic mass is 35.5. The van der Waals surface area contributed by atoms with Gasteiger partial charge in [0.05, 0.1) is 6.20 Å². The van der Waals surface area contributed by atoms with Crippen molar-refractivity contribution in [2.75, 3.05) is 0 Å². The van der Waals surface area contributed by atoms with Crippen LogP contribution in [0.2, 0.25) is 0 Å². The molecule has 3 nitrogen and oxygen atoms in total. The fraction of sp³-hybridized carbons (Fsp3) is 0.500. The van der Waals surface area contributed by atoms with Crippen molar-refractivity contribution in [1.29, 1.82) is 0 Å². The molecule has 0 fully saturated rings. The molecule has 1 rings (SSSR count). The topological polar surface area (TPSA) is 46.3 Å². The van der Waals surface area contributed by atoms with E-state index in [0.717, 1.165) is 0 Å². The number of aliphatic hydroxyl groups is 1. The highest BCUT2D eigenvalue weighted by Gasteiger charge is 2.07. The van der Waals surface area contributed by atoms with E-state index in [1.165, 1.54) is 6.20 Å². The molecular weight excluding hydrogens is 154 g/mol. The Morgan fingerprint density at radius 3 is 2.90 bits per heavy atom. The first-order chi connectivity index (χ1) is 4.74. The summed E-state index contributed by atoms with van der Waals surface area (Å²) in [5.74, 6) is 0.896. The highest BCUT2D eigenvalue weighted by molar-refractivity contribution is 6.20. The van der Waals surface area contributed by atoms with Crippen molar-refractivity contribution in [3.63, 3.8) is 0 Å². The van der Waals surface area contributed by atoms with Crippen LogP contribution >= 0.6 is 11.6 Å². The molecule has 0 aliphatic carbocycles. The summed E-state index contributed by atoms with van der Waals surface area (Å²) in [6, 6.07) is 0. The highest BCUT2D eigenvalue weighted by Crippen LogP contribution is 2.18. The van der Waals surface area contributed by atoms with Crippen LogP contribution in [0.5, 0.6) is 0 Å². The first-order valence-corrected chi connectivity index (χ1v) is 3.37. The molecule has 0 radical (unpaired) electrons. The Kier molecular flexibility index (Phi) is 2.29. The lowest BCUT2D eigenvalue weighted by Crippen LogP contribution is -1.81. The van der Waals surface area contributed by atoms with Gasteiger partial charge in [-0.15, -0.1) is 11.6 Å². The molecule has 56 valence electrons.